The van der Waals surface area contributed by atoms with E-state index < -0.39 is 0 Å². The molecule has 20 heavy (non-hydrogen) atoms. The van der Waals surface area contributed by atoms with Gasteiger partial charge in [0.25, 0.3) is 0 Å². The summed E-state index contributed by atoms with van der Waals surface area (Å²) in [5.41, 5.74) is 0.821. The van der Waals surface area contributed by atoms with Gasteiger partial charge in [0.1, 0.15) is 0 Å². The maximum absolute atomic E-state index is 5.98. The van der Waals surface area contributed by atoms with E-state index in [1.165, 1.54) is 25.9 Å². The lowest BCUT2D eigenvalue weighted by Crippen LogP contribution is -2.57. The van der Waals surface area contributed by atoms with Crippen molar-refractivity contribution in [3.8, 4) is 0 Å². The molecule has 2 N–H and O–H groups in total. The van der Waals surface area contributed by atoms with E-state index in [-0.39, 0.29) is 0 Å². The van der Waals surface area contributed by atoms with Crippen LogP contribution in [0.1, 0.15) is 12.8 Å². The molecule has 6 heteroatoms. The number of piperidine rings is 3. The van der Waals surface area contributed by atoms with Crippen LogP contribution in [0.4, 0.5) is 5.69 Å². The molecule has 0 radical (unpaired) electrons. The molecule has 0 aromatic heterocycles. The van der Waals surface area contributed by atoms with Crippen LogP contribution in [0.3, 0.4) is 0 Å². The van der Waals surface area contributed by atoms with E-state index >= 15 is 0 Å². The zero-order valence-corrected chi connectivity index (χ0v) is 13.4. The summed E-state index contributed by atoms with van der Waals surface area (Å²) in [7, 11) is 0. The van der Waals surface area contributed by atoms with Crippen molar-refractivity contribution >= 4 is 46.2 Å². The van der Waals surface area contributed by atoms with Crippen LogP contribution >= 0.6 is 35.4 Å². The number of nitrogens with zero attached hydrogens (tertiary/aromatic N) is 1. The van der Waals surface area contributed by atoms with Crippen molar-refractivity contribution in [1.82, 2.24) is 10.2 Å². The predicted molar refractivity (Wildman–Crippen MR) is 88.8 cm³/mol. The largest absolute Gasteiger partial charge is 0.358 e. The smallest absolute Gasteiger partial charge is 0.171 e. The molecule has 108 valence electrons. The first-order chi connectivity index (χ1) is 9.60. The molecule has 3 nitrogen and oxygen atoms in total. The molecule has 0 amide bonds. The Labute approximate surface area is 134 Å². The first-order valence-electron chi connectivity index (χ1n) is 6.86. The molecule has 0 spiro atoms. The molecule has 4 rings (SSSR count). The average Bonchev–Trinajstić information content (AvgIpc) is 2.38. The molecule has 3 heterocycles. The minimum atomic E-state index is 0.451. The molecule has 0 aliphatic carbocycles. The van der Waals surface area contributed by atoms with Crippen LogP contribution in [0, 0.1) is 5.92 Å². The zero-order chi connectivity index (χ0) is 14.1. The van der Waals surface area contributed by atoms with E-state index in [4.69, 9.17) is 35.4 Å². The van der Waals surface area contributed by atoms with Gasteiger partial charge in [0.15, 0.2) is 5.11 Å². The molecule has 3 aliphatic heterocycles. The Morgan fingerprint density at radius 1 is 1.15 bits per heavy atom. The number of rotatable bonds is 2. The Hall–Kier alpha value is -0.550. The number of halogens is 2. The van der Waals surface area contributed by atoms with E-state index in [9.17, 15) is 0 Å². The summed E-state index contributed by atoms with van der Waals surface area (Å²) < 4.78 is 0. The minimum Gasteiger partial charge on any atom is -0.358 e. The van der Waals surface area contributed by atoms with Gasteiger partial charge in [-0.25, -0.2) is 0 Å². The SMILES string of the molecule is S=C(Nc1cc(Cl)cc(Cl)c1)NC1CN2CCC1CC2. The minimum absolute atomic E-state index is 0.451. The summed E-state index contributed by atoms with van der Waals surface area (Å²) >= 11 is 17.4. The number of thiocarbonyl (C=S) groups is 1. The van der Waals surface area contributed by atoms with Gasteiger partial charge in [-0.3, -0.25) is 0 Å². The lowest BCUT2D eigenvalue weighted by Gasteiger charge is -2.45. The summed E-state index contributed by atoms with van der Waals surface area (Å²) in [5.74, 6) is 0.739. The topological polar surface area (TPSA) is 27.3 Å². The second-order valence-electron chi connectivity index (χ2n) is 5.50. The third kappa shape index (κ3) is 3.37. The van der Waals surface area contributed by atoms with Crippen molar-refractivity contribution in [1.29, 1.82) is 0 Å². The molecular formula is C14H17Cl2N3S. The molecule has 2 bridgehead atoms. The van der Waals surface area contributed by atoms with Gasteiger partial charge in [-0.15, -0.1) is 0 Å². The van der Waals surface area contributed by atoms with E-state index in [0.29, 0.717) is 21.2 Å². The highest BCUT2D eigenvalue weighted by atomic mass is 35.5. The van der Waals surface area contributed by atoms with Crippen LogP contribution in [-0.4, -0.2) is 35.7 Å². The third-order valence-electron chi connectivity index (χ3n) is 4.09. The Balaban J connectivity index is 1.59. The first kappa shape index (κ1) is 14.4. The molecule has 1 atom stereocenters. The Bertz CT molecular complexity index is 495. The highest BCUT2D eigenvalue weighted by molar-refractivity contribution is 7.80. The lowest BCUT2D eigenvalue weighted by molar-refractivity contribution is 0.0815. The van der Waals surface area contributed by atoms with Crippen LogP contribution < -0.4 is 10.6 Å². The van der Waals surface area contributed by atoms with Gasteiger partial charge >= 0.3 is 0 Å². The number of fused-ring (bicyclic) bond motifs is 3. The molecule has 3 saturated heterocycles. The Morgan fingerprint density at radius 2 is 1.80 bits per heavy atom. The van der Waals surface area contributed by atoms with E-state index in [1.54, 1.807) is 6.07 Å². The second kappa shape index (κ2) is 6.06. The fourth-order valence-electron chi connectivity index (χ4n) is 3.09. The monoisotopic (exact) mass is 329 g/mol. The van der Waals surface area contributed by atoms with Gasteiger partial charge in [0, 0.05) is 28.3 Å². The normalized spacial score (nSPS) is 28.2. The van der Waals surface area contributed by atoms with Crippen LogP contribution in [0.15, 0.2) is 18.2 Å². The van der Waals surface area contributed by atoms with Gasteiger partial charge in [0.05, 0.1) is 0 Å². The highest BCUT2D eigenvalue weighted by Crippen LogP contribution is 2.27. The van der Waals surface area contributed by atoms with Gasteiger partial charge in [0.2, 0.25) is 0 Å². The number of hydrogen-bond acceptors (Lipinski definition) is 2. The fraction of sp³-hybridized carbons (Fsp3) is 0.500. The zero-order valence-electron chi connectivity index (χ0n) is 11.0. The molecule has 1 unspecified atom stereocenters. The number of hydrogen-bond donors (Lipinski definition) is 2. The number of anilines is 1. The summed E-state index contributed by atoms with van der Waals surface area (Å²) in [4.78, 5) is 2.50. The maximum Gasteiger partial charge on any atom is 0.171 e. The third-order valence-corrected chi connectivity index (χ3v) is 4.75. The maximum atomic E-state index is 5.98. The molecule has 1 aromatic carbocycles. The number of nitrogens with one attached hydrogen (secondary N) is 2. The molecule has 3 aliphatic rings. The summed E-state index contributed by atoms with van der Waals surface area (Å²) in [6, 6.07) is 5.79. The van der Waals surface area contributed by atoms with Crippen LogP contribution in [-0.2, 0) is 0 Å². The average molecular weight is 330 g/mol. The Morgan fingerprint density at radius 3 is 2.35 bits per heavy atom. The van der Waals surface area contributed by atoms with E-state index in [1.807, 2.05) is 12.1 Å². The first-order valence-corrected chi connectivity index (χ1v) is 8.02. The Kier molecular flexibility index (Phi) is 4.36. The molecule has 3 fully saturated rings. The second-order valence-corrected chi connectivity index (χ2v) is 6.78. The lowest BCUT2D eigenvalue weighted by atomic mass is 9.84. The predicted octanol–water partition coefficient (Wildman–Crippen LogP) is 3.37. The fourth-order valence-corrected chi connectivity index (χ4v) is 3.89. The summed E-state index contributed by atoms with van der Waals surface area (Å²) in [6.07, 6.45) is 2.53. The summed E-state index contributed by atoms with van der Waals surface area (Å²) in [5, 5.41) is 8.44. The molecule has 0 saturated carbocycles. The highest BCUT2D eigenvalue weighted by Gasteiger charge is 2.34. The van der Waals surface area contributed by atoms with Gasteiger partial charge < -0.3 is 15.5 Å². The van der Waals surface area contributed by atoms with Gasteiger partial charge in [-0.1, -0.05) is 23.2 Å². The standard InChI is InChI=1S/C14H17Cl2N3S/c15-10-5-11(16)7-12(6-10)17-14(20)18-13-8-19-3-1-9(13)2-4-19/h5-7,9,13H,1-4,8H2,(H2,17,18,20). The van der Waals surface area contributed by atoms with Crippen LogP contribution in [0.25, 0.3) is 0 Å². The number of benzene rings is 1. The van der Waals surface area contributed by atoms with Gasteiger partial charge in [-0.05, 0) is 62.3 Å². The van der Waals surface area contributed by atoms with Crippen molar-refractivity contribution in [2.75, 3.05) is 25.0 Å². The molecular weight excluding hydrogens is 313 g/mol. The quantitative estimate of drug-likeness (QED) is 0.813. The van der Waals surface area contributed by atoms with Crippen molar-refractivity contribution in [3.05, 3.63) is 28.2 Å². The van der Waals surface area contributed by atoms with Gasteiger partial charge in [-0.2, -0.15) is 0 Å². The van der Waals surface area contributed by atoms with E-state index in [0.717, 1.165) is 18.2 Å². The summed E-state index contributed by atoms with van der Waals surface area (Å²) in [6.45, 7) is 3.54. The molecule has 1 aromatic rings. The van der Waals surface area contributed by atoms with Crippen molar-refractivity contribution in [3.63, 3.8) is 0 Å². The van der Waals surface area contributed by atoms with Crippen LogP contribution in [0.2, 0.25) is 10.0 Å². The van der Waals surface area contributed by atoms with Crippen LogP contribution in [0.5, 0.6) is 0 Å². The van der Waals surface area contributed by atoms with Crippen molar-refractivity contribution in [2.45, 2.75) is 18.9 Å². The van der Waals surface area contributed by atoms with Crippen molar-refractivity contribution < 1.29 is 0 Å². The van der Waals surface area contributed by atoms with Crippen molar-refractivity contribution in [2.24, 2.45) is 5.92 Å². The van der Waals surface area contributed by atoms with E-state index in [2.05, 4.69) is 15.5 Å².